The van der Waals surface area contributed by atoms with E-state index >= 15 is 0 Å². The lowest BCUT2D eigenvalue weighted by atomic mass is 10.1. The van der Waals surface area contributed by atoms with E-state index in [-0.39, 0.29) is 6.04 Å². The number of nitrogens with one attached hydrogen (secondary N) is 1. The normalized spacial score (nSPS) is 16.3. The molecule has 7 heteroatoms. The lowest BCUT2D eigenvalue weighted by molar-refractivity contribution is -0.387. The topological polar surface area (TPSA) is 72.2 Å². The van der Waals surface area contributed by atoms with Crippen molar-refractivity contribution in [3.8, 4) is 0 Å². The average molecular weight is 298 g/mol. The smallest absolute Gasteiger partial charge is 0.307 e. The van der Waals surface area contributed by atoms with Gasteiger partial charge in [-0.15, -0.1) is 0 Å². The molecule has 1 aromatic rings. The van der Waals surface area contributed by atoms with Crippen LogP contribution in [0.15, 0.2) is 12.1 Å². The van der Waals surface area contributed by atoms with Crippen LogP contribution in [0.5, 0.6) is 0 Å². The molecule has 5 nitrogen and oxygen atoms in total. The van der Waals surface area contributed by atoms with E-state index in [1.165, 1.54) is 0 Å². The molecule has 1 aromatic carbocycles. The van der Waals surface area contributed by atoms with Gasteiger partial charge in [0.05, 0.1) is 16.6 Å². The second-order valence-corrected chi connectivity index (χ2v) is 5.20. The number of nitro benzene ring substituents is 1. The number of carbonyl (C=O) groups is 1. The number of hydrogen-bond acceptors (Lipinski definition) is 3. The lowest BCUT2D eigenvalue weighted by Crippen LogP contribution is -2.35. The van der Waals surface area contributed by atoms with Crippen molar-refractivity contribution in [2.45, 2.75) is 44.6 Å². The number of hydrogen-bond donors (Lipinski definition) is 1. The Labute approximate surface area is 120 Å². The number of benzene rings is 1. The Hall–Kier alpha value is -2.05. The highest BCUT2D eigenvalue weighted by atomic mass is 19.1. The zero-order valence-corrected chi connectivity index (χ0v) is 11.4. The molecule has 2 rings (SSSR count). The van der Waals surface area contributed by atoms with E-state index < -0.39 is 33.7 Å². The van der Waals surface area contributed by atoms with E-state index in [1.54, 1.807) is 0 Å². The minimum Gasteiger partial charge on any atom is -0.349 e. The van der Waals surface area contributed by atoms with Crippen LogP contribution in [-0.4, -0.2) is 16.9 Å². The predicted molar refractivity (Wildman–Crippen MR) is 72.0 cm³/mol. The summed E-state index contributed by atoms with van der Waals surface area (Å²) in [6, 6.07) is 0.967. The maximum atomic E-state index is 13.7. The van der Waals surface area contributed by atoms with Crippen LogP contribution < -0.4 is 5.32 Å². The van der Waals surface area contributed by atoms with Gasteiger partial charge < -0.3 is 5.32 Å². The summed E-state index contributed by atoms with van der Waals surface area (Å²) in [7, 11) is 0. The van der Waals surface area contributed by atoms with Crippen LogP contribution in [0.4, 0.5) is 14.5 Å². The summed E-state index contributed by atoms with van der Waals surface area (Å²) in [6.07, 6.45) is 5.80. The first-order chi connectivity index (χ1) is 9.99. The molecule has 0 aromatic heterocycles. The summed E-state index contributed by atoms with van der Waals surface area (Å²) in [4.78, 5) is 21.5. The number of rotatable bonds is 3. The molecule has 114 valence electrons. The van der Waals surface area contributed by atoms with Crippen molar-refractivity contribution in [3.05, 3.63) is 39.4 Å². The van der Waals surface area contributed by atoms with Crippen molar-refractivity contribution < 1.29 is 18.5 Å². The third-order valence-electron chi connectivity index (χ3n) is 3.67. The van der Waals surface area contributed by atoms with Gasteiger partial charge in [-0.05, 0) is 18.9 Å². The minimum atomic E-state index is -1.22. The molecule has 0 heterocycles. The van der Waals surface area contributed by atoms with E-state index in [1.807, 2.05) is 0 Å². The number of halogens is 2. The SMILES string of the molecule is O=C(NC1CCCCCC1)c1cc(F)c([N+](=O)[O-])cc1F. The standard InChI is InChI=1S/C14H16F2N2O3/c15-11-8-13(18(20)21)12(16)7-10(11)14(19)17-9-5-3-1-2-4-6-9/h7-9H,1-6H2,(H,17,19). The predicted octanol–water partition coefficient (Wildman–Crippen LogP) is 3.33. The van der Waals surface area contributed by atoms with Crippen LogP contribution in [0.3, 0.4) is 0 Å². The molecule has 0 radical (unpaired) electrons. The molecule has 1 amide bonds. The lowest BCUT2D eigenvalue weighted by Gasteiger charge is -2.16. The first kappa shape index (κ1) is 15.3. The molecular weight excluding hydrogens is 282 g/mol. The van der Waals surface area contributed by atoms with E-state index in [9.17, 15) is 23.7 Å². The monoisotopic (exact) mass is 298 g/mol. The third kappa shape index (κ3) is 3.74. The highest BCUT2D eigenvalue weighted by molar-refractivity contribution is 5.95. The first-order valence-corrected chi connectivity index (χ1v) is 6.93. The van der Waals surface area contributed by atoms with Gasteiger partial charge in [0.15, 0.2) is 0 Å². The fraction of sp³-hybridized carbons (Fsp3) is 0.500. The minimum absolute atomic E-state index is 0.0577. The van der Waals surface area contributed by atoms with Crippen LogP contribution in [0.1, 0.15) is 48.9 Å². The molecule has 0 bridgehead atoms. The van der Waals surface area contributed by atoms with Gasteiger partial charge in [0.2, 0.25) is 5.82 Å². The van der Waals surface area contributed by atoms with Crippen LogP contribution in [0.2, 0.25) is 0 Å². The van der Waals surface area contributed by atoms with Gasteiger partial charge in [-0.2, -0.15) is 4.39 Å². The molecular formula is C14H16F2N2O3. The second kappa shape index (κ2) is 6.60. The summed E-state index contributed by atoms with van der Waals surface area (Å²) in [6.45, 7) is 0. The molecule has 0 spiro atoms. The van der Waals surface area contributed by atoms with Gasteiger partial charge in [-0.1, -0.05) is 25.7 Å². The van der Waals surface area contributed by atoms with Gasteiger partial charge in [-0.25, -0.2) is 4.39 Å². The van der Waals surface area contributed by atoms with E-state index in [4.69, 9.17) is 0 Å². The summed E-state index contributed by atoms with van der Waals surface area (Å²) in [5.74, 6) is -3.03. The van der Waals surface area contributed by atoms with Crippen LogP contribution in [0.25, 0.3) is 0 Å². The largest absolute Gasteiger partial charge is 0.349 e. The van der Waals surface area contributed by atoms with Gasteiger partial charge in [-0.3, -0.25) is 14.9 Å². The second-order valence-electron chi connectivity index (χ2n) is 5.20. The Kier molecular flexibility index (Phi) is 4.82. The Bertz CT molecular complexity index is 555. The van der Waals surface area contributed by atoms with E-state index in [0.717, 1.165) is 38.5 Å². The molecule has 1 fully saturated rings. The van der Waals surface area contributed by atoms with Gasteiger partial charge in [0.25, 0.3) is 5.91 Å². The number of carbonyl (C=O) groups excluding carboxylic acids is 1. The van der Waals surface area contributed by atoms with Crippen LogP contribution in [0, 0.1) is 21.7 Å². The Morgan fingerprint density at radius 2 is 1.76 bits per heavy atom. The molecule has 1 aliphatic carbocycles. The first-order valence-electron chi connectivity index (χ1n) is 6.93. The molecule has 0 saturated heterocycles. The van der Waals surface area contributed by atoms with Gasteiger partial charge in [0, 0.05) is 6.04 Å². The fourth-order valence-corrected chi connectivity index (χ4v) is 2.54. The Balaban J connectivity index is 2.15. The molecule has 0 aliphatic heterocycles. The highest BCUT2D eigenvalue weighted by Crippen LogP contribution is 2.22. The summed E-state index contributed by atoms with van der Waals surface area (Å²) < 4.78 is 27.2. The number of amides is 1. The van der Waals surface area contributed by atoms with Crippen molar-refractivity contribution in [3.63, 3.8) is 0 Å². The maximum Gasteiger partial charge on any atom is 0.307 e. The average Bonchev–Trinajstić information content (AvgIpc) is 2.69. The van der Waals surface area contributed by atoms with Crippen molar-refractivity contribution in [1.82, 2.24) is 5.32 Å². The van der Waals surface area contributed by atoms with Crippen molar-refractivity contribution in [2.75, 3.05) is 0 Å². The highest BCUT2D eigenvalue weighted by Gasteiger charge is 2.23. The zero-order valence-electron chi connectivity index (χ0n) is 11.4. The molecule has 1 aliphatic rings. The van der Waals surface area contributed by atoms with E-state index in [2.05, 4.69) is 5.32 Å². The summed E-state index contributed by atoms with van der Waals surface area (Å²) in [5, 5.41) is 13.2. The molecule has 21 heavy (non-hydrogen) atoms. The summed E-state index contributed by atoms with van der Waals surface area (Å²) >= 11 is 0. The van der Waals surface area contributed by atoms with Gasteiger partial charge in [0.1, 0.15) is 5.82 Å². The van der Waals surface area contributed by atoms with Crippen molar-refractivity contribution in [2.24, 2.45) is 0 Å². The quantitative estimate of drug-likeness (QED) is 0.528. The van der Waals surface area contributed by atoms with Crippen molar-refractivity contribution in [1.29, 1.82) is 0 Å². The van der Waals surface area contributed by atoms with Crippen molar-refractivity contribution >= 4 is 11.6 Å². The molecule has 1 N–H and O–H groups in total. The van der Waals surface area contributed by atoms with Crippen LogP contribution >= 0.6 is 0 Å². The fourth-order valence-electron chi connectivity index (χ4n) is 2.54. The van der Waals surface area contributed by atoms with Gasteiger partial charge >= 0.3 is 5.69 Å². The Morgan fingerprint density at radius 1 is 1.14 bits per heavy atom. The third-order valence-corrected chi connectivity index (χ3v) is 3.67. The molecule has 1 saturated carbocycles. The maximum absolute atomic E-state index is 13.7. The zero-order chi connectivity index (χ0) is 15.4. The molecule has 0 atom stereocenters. The summed E-state index contributed by atoms with van der Waals surface area (Å²) in [5.41, 5.74) is -1.47. The van der Waals surface area contributed by atoms with E-state index in [0.29, 0.717) is 12.1 Å². The number of nitro groups is 1. The number of nitrogens with zero attached hydrogens (tertiary/aromatic N) is 1. The Morgan fingerprint density at radius 3 is 2.33 bits per heavy atom. The van der Waals surface area contributed by atoms with Crippen LogP contribution in [-0.2, 0) is 0 Å². The molecule has 0 unspecified atom stereocenters.